The molecule has 0 bridgehead atoms. The number of aromatic nitrogens is 1. The molecule has 0 saturated carbocycles. The molecular formula is C12H13N3O2S. The minimum atomic E-state index is -0.385. The monoisotopic (exact) mass is 263 g/mol. The van der Waals surface area contributed by atoms with E-state index in [1.807, 2.05) is 10.9 Å². The lowest BCUT2D eigenvalue weighted by Gasteiger charge is -2.03. The third kappa shape index (κ3) is 3.61. The summed E-state index contributed by atoms with van der Waals surface area (Å²) >= 11 is 1.58. The number of nitrogens with one attached hydrogen (secondary N) is 1. The molecule has 1 heterocycles. The van der Waals surface area contributed by atoms with E-state index in [9.17, 15) is 10.1 Å². The molecule has 0 amide bonds. The van der Waals surface area contributed by atoms with Crippen molar-refractivity contribution in [2.75, 3.05) is 6.54 Å². The van der Waals surface area contributed by atoms with Crippen LogP contribution >= 0.6 is 11.3 Å². The van der Waals surface area contributed by atoms with Gasteiger partial charge in [0.15, 0.2) is 0 Å². The molecule has 0 aliphatic carbocycles. The van der Waals surface area contributed by atoms with Crippen LogP contribution in [0.2, 0.25) is 0 Å². The number of nitro benzene ring substituents is 1. The summed E-state index contributed by atoms with van der Waals surface area (Å²) in [6.45, 7) is 1.59. The number of non-ortho nitro benzene ring substituents is 1. The van der Waals surface area contributed by atoms with Gasteiger partial charge in [0.05, 0.1) is 16.1 Å². The van der Waals surface area contributed by atoms with Crippen LogP contribution < -0.4 is 5.32 Å². The molecule has 94 valence electrons. The minimum Gasteiger partial charge on any atom is -0.311 e. The van der Waals surface area contributed by atoms with E-state index in [-0.39, 0.29) is 10.6 Å². The molecule has 6 heteroatoms. The first-order chi connectivity index (χ1) is 8.75. The Hall–Kier alpha value is -1.79. The molecule has 1 aromatic heterocycles. The highest BCUT2D eigenvalue weighted by Crippen LogP contribution is 2.11. The van der Waals surface area contributed by atoms with Crippen LogP contribution in [0.5, 0.6) is 0 Å². The van der Waals surface area contributed by atoms with E-state index in [2.05, 4.69) is 10.3 Å². The third-order valence-corrected chi connectivity index (χ3v) is 3.16. The topological polar surface area (TPSA) is 68.1 Å². The Balaban J connectivity index is 1.75. The first-order valence-electron chi connectivity index (χ1n) is 5.57. The summed E-state index contributed by atoms with van der Waals surface area (Å²) in [5.74, 6) is 0. The lowest BCUT2D eigenvalue weighted by molar-refractivity contribution is -0.384. The molecule has 5 nitrogen and oxygen atoms in total. The highest BCUT2D eigenvalue weighted by molar-refractivity contribution is 7.07. The molecule has 0 aliphatic heterocycles. The van der Waals surface area contributed by atoms with Gasteiger partial charge in [-0.25, -0.2) is 4.98 Å². The quantitative estimate of drug-likeness (QED) is 0.493. The van der Waals surface area contributed by atoms with E-state index in [1.165, 1.54) is 12.1 Å². The minimum absolute atomic E-state index is 0.134. The zero-order chi connectivity index (χ0) is 12.8. The molecule has 0 radical (unpaired) electrons. The van der Waals surface area contributed by atoms with E-state index in [1.54, 1.807) is 23.5 Å². The van der Waals surface area contributed by atoms with Crippen molar-refractivity contribution < 1.29 is 4.92 Å². The molecule has 1 aromatic carbocycles. The number of nitro groups is 1. The van der Waals surface area contributed by atoms with Gasteiger partial charge in [-0.1, -0.05) is 12.1 Å². The van der Waals surface area contributed by atoms with E-state index < -0.39 is 0 Å². The number of hydrogen-bond acceptors (Lipinski definition) is 5. The van der Waals surface area contributed by atoms with E-state index in [0.717, 1.165) is 30.8 Å². The van der Waals surface area contributed by atoms with Crippen molar-refractivity contribution in [3.63, 3.8) is 0 Å². The summed E-state index contributed by atoms with van der Waals surface area (Å²) in [5, 5.41) is 15.8. The predicted octanol–water partition coefficient (Wildman–Crippen LogP) is 2.38. The molecule has 2 rings (SSSR count). The zero-order valence-electron chi connectivity index (χ0n) is 9.70. The van der Waals surface area contributed by atoms with Crippen molar-refractivity contribution in [2.45, 2.75) is 13.0 Å². The molecular weight excluding hydrogens is 250 g/mol. The van der Waals surface area contributed by atoms with Gasteiger partial charge in [0.25, 0.3) is 5.69 Å². The Kier molecular flexibility index (Phi) is 4.38. The normalized spacial score (nSPS) is 10.4. The molecule has 0 aliphatic rings. The number of thiazole rings is 1. The van der Waals surface area contributed by atoms with Crippen molar-refractivity contribution in [3.05, 3.63) is 56.5 Å². The summed E-state index contributed by atoms with van der Waals surface area (Å²) in [4.78, 5) is 14.3. The van der Waals surface area contributed by atoms with E-state index in [4.69, 9.17) is 0 Å². The second-order valence-corrected chi connectivity index (χ2v) is 4.55. The average Bonchev–Trinajstić information content (AvgIpc) is 2.88. The number of benzene rings is 1. The van der Waals surface area contributed by atoms with Gasteiger partial charge in [-0.3, -0.25) is 10.1 Å². The molecule has 1 N–H and O–H groups in total. The van der Waals surface area contributed by atoms with Crippen LogP contribution in [0.4, 0.5) is 5.69 Å². The largest absolute Gasteiger partial charge is 0.311 e. The second kappa shape index (κ2) is 6.23. The van der Waals surface area contributed by atoms with Gasteiger partial charge in [-0.05, 0) is 18.5 Å². The van der Waals surface area contributed by atoms with Crippen LogP contribution in [0.25, 0.3) is 0 Å². The van der Waals surface area contributed by atoms with Crippen LogP contribution in [0, 0.1) is 10.1 Å². The van der Waals surface area contributed by atoms with Crippen LogP contribution in [-0.2, 0) is 13.0 Å². The lowest BCUT2D eigenvalue weighted by Crippen LogP contribution is -2.16. The summed E-state index contributed by atoms with van der Waals surface area (Å²) in [7, 11) is 0. The van der Waals surface area contributed by atoms with Crippen molar-refractivity contribution >= 4 is 17.0 Å². The van der Waals surface area contributed by atoms with Gasteiger partial charge in [0.2, 0.25) is 0 Å². The SMILES string of the molecule is O=[N+]([O-])c1ccc(CCNCc2cscn2)cc1. The molecule has 18 heavy (non-hydrogen) atoms. The zero-order valence-corrected chi connectivity index (χ0v) is 10.5. The van der Waals surface area contributed by atoms with Gasteiger partial charge < -0.3 is 5.32 Å². The van der Waals surface area contributed by atoms with Gasteiger partial charge in [-0.15, -0.1) is 11.3 Å². The highest BCUT2D eigenvalue weighted by atomic mass is 32.1. The lowest BCUT2D eigenvalue weighted by atomic mass is 10.1. The number of nitrogens with zero attached hydrogens (tertiary/aromatic N) is 2. The molecule has 2 aromatic rings. The predicted molar refractivity (Wildman–Crippen MR) is 70.6 cm³/mol. The highest BCUT2D eigenvalue weighted by Gasteiger charge is 2.03. The van der Waals surface area contributed by atoms with Crippen LogP contribution in [-0.4, -0.2) is 16.5 Å². The van der Waals surface area contributed by atoms with E-state index >= 15 is 0 Å². The van der Waals surface area contributed by atoms with Gasteiger partial charge in [0.1, 0.15) is 0 Å². The summed E-state index contributed by atoms with van der Waals surface area (Å²) in [6, 6.07) is 6.66. The fourth-order valence-electron chi connectivity index (χ4n) is 1.56. The second-order valence-electron chi connectivity index (χ2n) is 3.83. The smallest absolute Gasteiger partial charge is 0.269 e. The molecule has 0 unspecified atom stereocenters. The number of hydrogen-bond donors (Lipinski definition) is 1. The molecule has 0 spiro atoms. The molecule has 0 fully saturated rings. The Bertz CT molecular complexity index is 497. The Morgan fingerprint density at radius 1 is 1.33 bits per heavy atom. The summed E-state index contributed by atoms with van der Waals surface area (Å²) < 4.78 is 0. The van der Waals surface area contributed by atoms with Crippen molar-refractivity contribution in [3.8, 4) is 0 Å². The van der Waals surface area contributed by atoms with Crippen LogP contribution in [0.3, 0.4) is 0 Å². The first kappa shape index (κ1) is 12.7. The number of rotatable bonds is 6. The van der Waals surface area contributed by atoms with Crippen LogP contribution in [0.15, 0.2) is 35.2 Å². The maximum atomic E-state index is 10.5. The fourth-order valence-corrected chi connectivity index (χ4v) is 2.12. The summed E-state index contributed by atoms with van der Waals surface area (Å²) in [6.07, 6.45) is 0.849. The van der Waals surface area contributed by atoms with Crippen molar-refractivity contribution in [1.29, 1.82) is 0 Å². The van der Waals surface area contributed by atoms with Crippen molar-refractivity contribution in [2.24, 2.45) is 0 Å². The van der Waals surface area contributed by atoms with Gasteiger partial charge in [0, 0.05) is 24.1 Å². The fraction of sp³-hybridized carbons (Fsp3) is 0.250. The molecule has 0 atom stereocenters. The van der Waals surface area contributed by atoms with Gasteiger partial charge >= 0.3 is 0 Å². The van der Waals surface area contributed by atoms with Crippen LogP contribution in [0.1, 0.15) is 11.3 Å². The Labute approximate surface area is 109 Å². The first-order valence-corrected chi connectivity index (χ1v) is 6.51. The maximum Gasteiger partial charge on any atom is 0.269 e. The Morgan fingerprint density at radius 3 is 2.72 bits per heavy atom. The summed E-state index contributed by atoms with van der Waals surface area (Å²) in [5.41, 5.74) is 4.08. The van der Waals surface area contributed by atoms with Crippen molar-refractivity contribution in [1.82, 2.24) is 10.3 Å². The average molecular weight is 263 g/mol. The maximum absolute atomic E-state index is 10.5. The van der Waals surface area contributed by atoms with E-state index in [0.29, 0.717) is 0 Å². The standard InChI is InChI=1S/C12H13N3O2S/c16-15(17)12-3-1-10(2-4-12)5-6-13-7-11-8-18-9-14-11/h1-4,8-9,13H,5-7H2. The van der Waals surface area contributed by atoms with Gasteiger partial charge in [-0.2, -0.15) is 0 Å². The Morgan fingerprint density at radius 2 is 2.11 bits per heavy atom. The molecule has 0 saturated heterocycles. The third-order valence-electron chi connectivity index (χ3n) is 2.53.